The Morgan fingerprint density at radius 3 is 2.82 bits per heavy atom. The number of para-hydroxylation sites is 1. The van der Waals surface area contributed by atoms with E-state index in [1.54, 1.807) is 29.0 Å². The van der Waals surface area contributed by atoms with Crippen LogP contribution >= 0.6 is 11.8 Å². The molecule has 1 amide bonds. The second kappa shape index (κ2) is 10.2. The third-order valence-electron chi connectivity index (χ3n) is 5.69. The molecule has 0 aliphatic carbocycles. The molecule has 0 bridgehead atoms. The summed E-state index contributed by atoms with van der Waals surface area (Å²) in [5.74, 6) is 0.393. The molecular weight excluding hydrogens is 448 g/mol. The summed E-state index contributed by atoms with van der Waals surface area (Å²) in [4.78, 5) is 34.9. The summed E-state index contributed by atoms with van der Waals surface area (Å²) >= 11 is 1.46. The molecule has 2 aromatic carbocycles. The average Bonchev–Trinajstić information content (AvgIpc) is 3.39. The van der Waals surface area contributed by atoms with Crippen molar-refractivity contribution in [2.75, 3.05) is 11.9 Å². The van der Waals surface area contributed by atoms with E-state index < -0.39 is 0 Å². The number of rotatable bonds is 7. The summed E-state index contributed by atoms with van der Waals surface area (Å²) in [6.07, 6.45) is 3.59. The van der Waals surface area contributed by atoms with Crippen molar-refractivity contribution in [3.63, 3.8) is 0 Å². The normalized spacial score (nSPS) is 15.5. The number of anilines is 1. The third-order valence-corrected chi connectivity index (χ3v) is 6.74. The van der Waals surface area contributed by atoms with Crippen LogP contribution in [0.15, 0.2) is 82.9 Å². The van der Waals surface area contributed by atoms with Crippen LogP contribution in [0.2, 0.25) is 0 Å². The Morgan fingerprint density at radius 1 is 1.12 bits per heavy atom. The Balaban J connectivity index is 1.37. The smallest absolute Gasteiger partial charge is 0.263 e. The Labute approximate surface area is 201 Å². The Kier molecular flexibility index (Phi) is 6.69. The first kappa shape index (κ1) is 22.3. The SMILES string of the molecule is O=C(Nc1ccccc1)c1cccc(CSc2nc3ncccc3c(=O)n2CC2CCCO2)c1. The summed E-state index contributed by atoms with van der Waals surface area (Å²) in [6, 6.07) is 20.4. The van der Waals surface area contributed by atoms with Crippen molar-refractivity contribution in [3.8, 4) is 0 Å². The molecular formula is C26H24N4O3S. The summed E-state index contributed by atoms with van der Waals surface area (Å²) in [5.41, 5.74) is 2.62. The zero-order valence-corrected chi connectivity index (χ0v) is 19.3. The molecule has 4 aromatic rings. The molecule has 34 heavy (non-hydrogen) atoms. The fourth-order valence-electron chi connectivity index (χ4n) is 3.97. The summed E-state index contributed by atoms with van der Waals surface area (Å²) in [7, 11) is 0. The molecule has 1 aliphatic rings. The van der Waals surface area contributed by atoms with Crippen LogP contribution in [0.1, 0.15) is 28.8 Å². The van der Waals surface area contributed by atoms with Crippen molar-refractivity contribution in [3.05, 3.63) is 94.4 Å². The zero-order valence-electron chi connectivity index (χ0n) is 18.5. The van der Waals surface area contributed by atoms with Gasteiger partial charge in [-0.15, -0.1) is 0 Å². The molecule has 1 saturated heterocycles. The molecule has 172 valence electrons. The van der Waals surface area contributed by atoms with Crippen molar-refractivity contribution in [1.82, 2.24) is 14.5 Å². The molecule has 2 aromatic heterocycles. The monoisotopic (exact) mass is 472 g/mol. The molecule has 1 N–H and O–H groups in total. The van der Waals surface area contributed by atoms with Gasteiger partial charge in [-0.05, 0) is 54.8 Å². The van der Waals surface area contributed by atoms with Gasteiger partial charge in [0, 0.05) is 29.8 Å². The molecule has 0 spiro atoms. The van der Waals surface area contributed by atoms with Gasteiger partial charge < -0.3 is 10.1 Å². The van der Waals surface area contributed by atoms with E-state index in [4.69, 9.17) is 4.74 Å². The second-order valence-electron chi connectivity index (χ2n) is 8.13. The van der Waals surface area contributed by atoms with Gasteiger partial charge in [-0.2, -0.15) is 0 Å². The first-order valence-corrected chi connectivity index (χ1v) is 12.2. The number of benzene rings is 2. The summed E-state index contributed by atoms with van der Waals surface area (Å²) in [5, 5.41) is 4.02. The van der Waals surface area contributed by atoms with Gasteiger partial charge in [0.05, 0.1) is 18.0 Å². The van der Waals surface area contributed by atoms with Crippen LogP contribution < -0.4 is 10.9 Å². The number of nitrogens with one attached hydrogen (secondary N) is 1. The van der Waals surface area contributed by atoms with Gasteiger partial charge in [0.15, 0.2) is 10.8 Å². The lowest BCUT2D eigenvalue weighted by atomic mass is 10.1. The number of carbonyl (C=O) groups excluding carboxylic acids is 1. The predicted molar refractivity (Wildman–Crippen MR) is 133 cm³/mol. The van der Waals surface area contributed by atoms with E-state index in [0.717, 1.165) is 30.7 Å². The van der Waals surface area contributed by atoms with Crippen molar-refractivity contribution < 1.29 is 9.53 Å². The van der Waals surface area contributed by atoms with Crippen LogP contribution in [0.3, 0.4) is 0 Å². The summed E-state index contributed by atoms with van der Waals surface area (Å²) < 4.78 is 7.48. The fraction of sp³-hybridized carbons (Fsp3) is 0.231. The number of pyridine rings is 1. The first-order chi connectivity index (χ1) is 16.7. The number of thioether (sulfide) groups is 1. The van der Waals surface area contributed by atoms with Gasteiger partial charge in [-0.1, -0.05) is 42.1 Å². The lowest BCUT2D eigenvalue weighted by Gasteiger charge is -2.16. The lowest BCUT2D eigenvalue weighted by molar-refractivity contribution is 0.0937. The number of fused-ring (bicyclic) bond motifs is 1. The van der Waals surface area contributed by atoms with E-state index in [9.17, 15) is 9.59 Å². The van der Waals surface area contributed by atoms with Crippen molar-refractivity contribution >= 4 is 34.4 Å². The maximum atomic E-state index is 13.2. The number of hydrogen-bond donors (Lipinski definition) is 1. The van der Waals surface area contributed by atoms with Crippen molar-refractivity contribution in [2.45, 2.75) is 36.4 Å². The van der Waals surface area contributed by atoms with Gasteiger partial charge in [0.25, 0.3) is 11.5 Å². The van der Waals surface area contributed by atoms with E-state index >= 15 is 0 Å². The Bertz CT molecular complexity index is 1370. The van der Waals surface area contributed by atoms with Gasteiger partial charge in [-0.25, -0.2) is 9.97 Å². The molecule has 1 unspecified atom stereocenters. The van der Waals surface area contributed by atoms with Crippen molar-refractivity contribution in [2.24, 2.45) is 0 Å². The maximum Gasteiger partial charge on any atom is 0.263 e. The van der Waals surface area contributed by atoms with E-state index in [1.807, 2.05) is 48.5 Å². The number of nitrogens with zero attached hydrogens (tertiary/aromatic N) is 3. The fourth-order valence-corrected chi connectivity index (χ4v) is 4.91. The maximum absolute atomic E-state index is 13.2. The third kappa shape index (κ3) is 5.03. The minimum atomic E-state index is -0.165. The second-order valence-corrected chi connectivity index (χ2v) is 9.07. The van der Waals surface area contributed by atoms with Crippen LogP contribution in [0.5, 0.6) is 0 Å². The number of aromatic nitrogens is 3. The molecule has 0 saturated carbocycles. The number of ether oxygens (including phenoxy) is 1. The van der Waals surface area contributed by atoms with Crippen LogP contribution in [-0.4, -0.2) is 33.2 Å². The molecule has 3 heterocycles. The molecule has 8 heteroatoms. The topological polar surface area (TPSA) is 86.1 Å². The predicted octanol–water partition coefficient (Wildman–Crippen LogP) is 4.52. The molecule has 1 fully saturated rings. The highest BCUT2D eigenvalue weighted by Crippen LogP contribution is 2.24. The van der Waals surface area contributed by atoms with Gasteiger partial charge >= 0.3 is 0 Å². The van der Waals surface area contributed by atoms with Crippen LogP contribution in [0.4, 0.5) is 5.69 Å². The van der Waals surface area contributed by atoms with Crippen LogP contribution in [0, 0.1) is 0 Å². The Hall–Kier alpha value is -3.49. The van der Waals surface area contributed by atoms with Crippen LogP contribution in [0.25, 0.3) is 11.0 Å². The van der Waals surface area contributed by atoms with Crippen molar-refractivity contribution in [1.29, 1.82) is 0 Å². The Morgan fingerprint density at radius 2 is 2.00 bits per heavy atom. The molecule has 7 nitrogen and oxygen atoms in total. The zero-order chi connectivity index (χ0) is 23.3. The molecule has 0 radical (unpaired) electrons. The van der Waals surface area contributed by atoms with Gasteiger partial charge in [-0.3, -0.25) is 14.2 Å². The number of carbonyl (C=O) groups is 1. The highest BCUT2D eigenvalue weighted by Gasteiger charge is 2.20. The molecule has 1 atom stereocenters. The van der Waals surface area contributed by atoms with Gasteiger partial charge in [0.2, 0.25) is 0 Å². The minimum absolute atomic E-state index is 0.0120. The highest BCUT2D eigenvalue weighted by molar-refractivity contribution is 7.98. The highest BCUT2D eigenvalue weighted by atomic mass is 32.2. The minimum Gasteiger partial charge on any atom is -0.376 e. The van der Waals surface area contributed by atoms with Crippen LogP contribution in [-0.2, 0) is 17.0 Å². The molecule has 5 rings (SSSR count). The van der Waals surface area contributed by atoms with E-state index in [-0.39, 0.29) is 17.6 Å². The van der Waals surface area contributed by atoms with E-state index in [0.29, 0.717) is 34.1 Å². The van der Waals surface area contributed by atoms with Gasteiger partial charge in [0.1, 0.15) is 0 Å². The number of hydrogen-bond acceptors (Lipinski definition) is 6. The van der Waals surface area contributed by atoms with E-state index in [1.165, 1.54) is 11.8 Å². The largest absolute Gasteiger partial charge is 0.376 e. The standard InChI is InChI=1S/C26H24N4O3S/c31-24(28-20-9-2-1-3-10-20)19-8-4-7-18(15-19)17-34-26-29-23-22(12-5-13-27-23)25(32)30(26)16-21-11-6-14-33-21/h1-5,7-10,12-13,15,21H,6,11,14,16-17H2,(H,28,31). The quantitative estimate of drug-likeness (QED) is 0.315. The molecule has 1 aliphatic heterocycles. The average molecular weight is 473 g/mol. The summed E-state index contributed by atoms with van der Waals surface area (Å²) in [6.45, 7) is 1.20. The lowest BCUT2D eigenvalue weighted by Crippen LogP contribution is -2.29. The number of amides is 1. The van der Waals surface area contributed by atoms with E-state index in [2.05, 4.69) is 15.3 Å². The first-order valence-electron chi connectivity index (χ1n) is 11.2.